The summed E-state index contributed by atoms with van der Waals surface area (Å²) in [5.74, 6) is -1.85. The largest absolute Gasteiger partial charge is 0.325 e. The Balaban J connectivity index is 1.60. The number of fused-ring (bicyclic) bond motifs is 7. The first kappa shape index (κ1) is 24.2. The summed E-state index contributed by atoms with van der Waals surface area (Å²) in [6.45, 7) is 2.41. The summed E-state index contributed by atoms with van der Waals surface area (Å²) in [5, 5.41) is 7.25. The topological polar surface area (TPSA) is 78.5 Å². The summed E-state index contributed by atoms with van der Waals surface area (Å²) in [7, 11) is 0. The molecule has 0 radical (unpaired) electrons. The van der Waals surface area contributed by atoms with Gasteiger partial charge in [0, 0.05) is 32.9 Å². The summed E-state index contributed by atoms with van der Waals surface area (Å²) in [5.41, 5.74) is 0.528. The minimum absolute atomic E-state index is 0.216. The van der Waals surface area contributed by atoms with Crippen LogP contribution in [-0.2, 0) is 20.5 Å². The number of ketones is 1. The fraction of sp³-hybridized carbons (Fsp3) is 0.276. The number of rotatable bonds is 2. The molecule has 192 valence electrons. The second-order valence-corrected chi connectivity index (χ2v) is 11.7. The molecule has 0 bridgehead atoms. The van der Waals surface area contributed by atoms with Crippen molar-refractivity contribution in [1.29, 1.82) is 0 Å². The Morgan fingerprint density at radius 2 is 1.74 bits per heavy atom. The van der Waals surface area contributed by atoms with Crippen LogP contribution < -0.4 is 10.6 Å². The SMILES string of the molecule is Cc1c(Cl)ccc2c1NC(=O)[C@@]21N2CCC[C@@H]2[C@H](C(=O)c2ccc(Cl)cc2Cl)[C@]12C(=O)Nc1ccccc12. The highest BCUT2D eigenvalue weighted by Gasteiger charge is 2.81. The number of nitrogens with one attached hydrogen (secondary N) is 2. The number of anilines is 2. The van der Waals surface area contributed by atoms with Gasteiger partial charge in [0.05, 0.1) is 16.6 Å². The zero-order chi connectivity index (χ0) is 26.6. The third-order valence-electron chi connectivity index (χ3n) is 8.95. The number of carbonyl (C=O) groups excluding carboxylic acids is 3. The number of amides is 2. The predicted molar refractivity (Wildman–Crippen MR) is 147 cm³/mol. The Bertz CT molecular complexity index is 1610. The summed E-state index contributed by atoms with van der Waals surface area (Å²) in [6.07, 6.45) is 1.45. The Morgan fingerprint density at radius 3 is 2.53 bits per heavy atom. The van der Waals surface area contributed by atoms with E-state index in [0.29, 0.717) is 45.5 Å². The van der Waals surface area contributed by atoms with Gasteiger partial charge in [-0.2, -0.15) is 0 Å². The van der Waals surface area contributed by atoms with E-state index in [1.807, 2.05) is 37.3 Å². The van der Waals surface area contributed by atoms with Crippen molar-refractivity contribution in [1.82, 2.24) is 4.90 Å². The molecule has 3 aromatic rings. The normalized spacial score (nSPS) is 28.9. The highest BCUT2D eigenvalue weighted by Crippen LogP contribution is 2.68. The first-order valence-electron chi connectivity index (χ1n) is 12.5. The molecule has 2 fully saturated rings. The first-order chi connectivity index (χ1) is 18.2. The fourth-order valence-corrected chi connectivity index (χ4v) is 8.28. The lowest BCUT2D eigenvalue weighted by atomic mass is 9.57. The Morgan fingerprint density at radius 1 is 0.947 bits per heavy atom. The van der Waals surface area contributed by atoms with Crippen LogP contribution in [0.15, 0.2) is 54.6 Å². The van der Waals surface area contributed by atoms with Crippen molar-refractivity contribution in [3.63, 3.8) is 0 Å². The number of Topliss-reactive ketones (excluding diaryl/α,β-unsaturated/α-hetero) is 1. The quantitative estimate of drug-likeness (QED) is 0.375. The number of nitrogens with zero attached hydrogens (tertiary/aromatic N) is 1. The highest BCUT2D eigenvalue weighted by molar-refractivity contribution is 6.37. The lowest BCUT2D eigenvalue weighted by Gasteiger charge is -2.43. The van der Waals surface area contributed by atoms with Crippen molar-refractivity contribution in [2.75, 3.05) is 17.2 Å². The number of hydrogen-bond acceptors (Lipinski definition) is 4. The van der Waals surface area contributed by atoms with E-state index in [9.17, 15) is 14.4 Å². The van der Waals surface area contributed by atoms with Crippen LogP contribution in [0.3, 0.4) is 0 Å². The number of para-hydroxylation sites is 1. The highest BCUT2D eigenvalue weighted by atomic mass is 35.5. The zero-order valence-electron chi connectivity index (χ0n) is 20.3. The predicted octanol–water partition coefficient (Wildman–Crippen LogP) is 5.97. The lowest BCUT2D eigenvalue weighted by molar-refractivity contribution is -0.137. The van der Waals surface area contributed by atoms with Crippen molar-refractivity contribution in [3.05, 3.63) is 91.9 Å². The standard InChI is InChI=1S/C29H22Cl3N3O3/c1-14-19(31)11-10-18-24(14)34-27(38)29(18)28(17-5-2-3-6-21(17)33-26(28)37)23(22-7-4-12-35(22)29)25(36)16-9-8-15(30)13-20(16)32/h2-3,5-6,8-11,13,22-23H,4,7,12H2,1H3,(H,33,37)(H,34,38)/t22-,23-,28-,29+/m1/s1. The Hall–Kier alpha value is -2.90. The molecule has 4 atom stereocenters. The van der Waals surface area contributed by atoms with Crippen molar-refractivity contribution in [2.45, 2.75) is 36.8 Å². The van der Waals surface area contributed by atoms with Gasteiger partial charge in [-0.25, -0.2) is 0 Å². The van der Waals surface area contributed by atoms with Crippen LogP contribution in [0.1, 0.15) is 39.9 Å². The molecule has 0 saturated carbocycles. The molecule has 2 saturated heterocycles. The second-order valence-electron chi connectivity index (χ2n) is 10.4. The summed E-state index contributed by atoms with van der Waals surface area (Å²) >= 11 is 19.2. The molecule has 38 heavy (non-hydrogen) atoms. The number of halogens is 3. The minimum Gasteiger partial charge on any atom is -0.325 e. The van der Waals surface area contributed by atoms with Crippen LogP contribution in [0.2, 0.25) is 15.1 Å². The van der Waals surface area contributed by atoms with Crippen LogP contribution in [0.4, 0.5) is 11.4 Å². The van der Waals surface area contributed by atoms with Gasteiger partial charge < -0.3 is 10.6 Å². The van der Waals surface area contributed by atoms with Gasteiger partial charge in [0.2, 0.25) is 5.91 Å². The minimum atomic E-state index is -1.54. The van der Waals surface area contributed by atoms with E-state index in [4.69, 9.17) is 34.8 Å². The molecule has 0 aliphatic carbocycles. The van der Waals surface area contributed by atoms with E-state index in [2.05, 4.69) is 15.5 Å². The summed E-state index contributed by atoms with van der Waals surface area (Å²) in [4.78, 5) is 45.7. The number of hydrogen-bond donors (Lipinski definition) is 2. The molecular formula is C29H22Cl3N3O3. The Kier molecular flexibility index (Phi) is 5.12. The van der Waals surface area contributed by atoms with Crippen LogP contribution in [0.25, 0.3) is 0 Å². The van der Waals surface area contributed by atoms with Crippen LogP contribution >= 0.6 is 34.8 Å². The fourth-order valence-electron chi connectivity index (χ4n) is 7.62. The third kappa shape index (κ3) is 2.67. The Labute approximate surface area is 234 Å². The van der Waals surface area contributed by atoms with Gasteiger partial charge in [0.1, 0.15) is 11.0 Å². The molecule has 0 aromatic heterocycles. The zero-order valence-corrected chi connectivity index (χ0v) is 22.5. The van der Waals surface area contributed by atoms with Gasteiger partial charge in [0.25, 0.3) is 5.91 Å². The molecule has 2 N–H and O–H groups in total. The molecule has 7 rings (SSSR count). The molecular weight excluding hydrogens is 545 g/mol. The van der Waals surface area contributed by atoms with E-state index in [0.717, 1.165) is 12.0 Å². The maximum Gasteiger partial charge on any atom is 0.251 e. The van der Waals surface area contributed by atoms with Gasteiger partial charge in [-0.05, 0) is 67.8 Å². The van der Waals surface area contributed by atoms with Crippen molar-refractivity contribution in [2.24, 2.45) is 5.92 Å². The number of benzene rings is 3. The van der Waals surface area contributed by atoms with E-state index < -0.39 is 16.9 Å². The molecule has 2 spiro atoms. The molecule has 4 aliphatic heterocycles. The lowest BCUT2D eigenvalue weighted by Crippen LogP contribution is -2.62. The van der Waals surface area contributed by atoms with Crippen molar-refractivity contribution >= 4 is 63.8 Å². The van der Waals surface area contributed by atoms with Gasteiger partial charge >= 0.3 is 0 Å². The van der Waals surface area contributed by atoms with E-state index in [1.165, 1.54) is 6.07 Å². The molecule has 3 aromatic carbocycles. The van der Waals surface area contributed by atoms with Crippen molar-refractivity contribution < 1.29 is 14.4 Å². The molecule has 2 amide bonds. The molecule has 4 aliphatic rings. The maximum atomic E-state index is 14.6. The molecule has 9 heteroatoms. The van der Waals surface area contributed by atoms with E-state index >= 15 is 0 Å². The smallest absolute Gasteiger partial charge is 0.251 e. The van der Waals surface area contributed by atoms with Crippen LogP contribution in [0.5, 0.6) is 0 Å². The van der Waals surface area contributed by atoms with E-state index in [1.54, 1.807) is 18.2 Å². The molecule has 4 heterocycles. The van der Waals surface area contributed by atoms with Gasteiger partial charge in [-0.3, -0.25) is 19.3 Å². The monoisotopic (exact) mass is 565 g/mol. The van der Waals surface area contributed by atoms with E-state index in [-0.39, 0.29) is 34.2 Å². The average molecular weight is 567 g/mol. The number of carbonyl (C=O) groups is 3. The summed E-state index contributed by atoms with van der Waals surface area (Å²) in [6, 6.07) is 15.3. The van der Waals surface area contributed by atoms with Gasteiger partial charge in [-0.15, -0.1) is 0 Å². The average Bonchev–Trinajstić information content (AvgIpc) is 3.60. The first-order valence-corrected chi connectivity index (χ1v) is 13.7. The van der Waals surface area contributed by atoms with Gasteiger partial charge in [0.15, 0.2) is 5.78 Å². The molecule has 6 nitrogen and oxygen atoms in total. The van der Waals surface area contributed by atoms with Crippen molar-refractivity contribution in [3.8, 4) is 0 Å². The second kappa shape index (κ2) is 8.06. The maximum absolute atomic E-state index is 14.6. The summed E-state index contributed by atoms with van der Waals surface area (Å²) < 4.78 is 0. The third-order valence-corrected chi connectivity index (χ3v) is 9.90. The van der Waals surface area contributed by atoms with Crippen LogP contribution in [-0.4, -0.2) is 35.1 Å². The van der Waals surface area contributed by atoms with Gasteiger partial charge in [-0.1, -0.05) is 59.1 Å². The molecule has 0 unspecified atom stereocenters. The van der Waals surface area contributed by atoms with Crippen LogP contribution in [0, 0.1) is 12.8 Å².